The van der Waals surface area contributed by atoms with Gasteiger partial charge in [0.05, 0.1) is 24.7 Å². The van der Waals surface area contributed by atoms with Gasteiger partial charge in [-0.25, -0.2) is 8.42 Å². The minimum Gasteiger partial charge on any atom is -0.490 e. The number of hydrogen-bond donors (Lipinski definition) is 2. The van der Waals surface area contributed by atoms with E-state index in [1.165, 1.54) is 25.0 Å². The van der Waals surface area contributed by atoms with Gasteiger partial charge >= 0.3 is 0 Å². The summed E-state index contributed by atoms with van der Waals surface area (Å²) in [7, 11) is -3.98. The Kier molecular flexibility index (Phi) is 7.75. The molecule has 1 aliphatic heterocycles. The number of nitrogens with one attached hydrogen (secondary N) is 2. The molecule has 0 radical (unpaired) electrons. The topological polar surface area (TPSA) is 103 Å². The number of carbonyl (C=O) groups excluding carboxylic acids is 1. The molecule has 34 heavy (non-hydrogen) atoms. The summed E-state index contributed by atoms with van der Waals surface area (Å²) in [6.45, 7) is 5.79. The smallest absolute Gasteiger partial charge is 0.242 e. The molecule has 1 saturated carbocycles. The fourth-order valence-electron chi connectivity index (χ4n) is 3.63. The Morgan fingerprint density at radius 3 is 2.59 bits per heavy atom. The number of carbonyl (C=O) groups is 1. The summed E-state index contributed by atoms with van der Waals surface area (Å²) < 4.78 is 45.7. The van der Waals surface area contributed by atoms with Gasteiger partial charge in [-0.2, -0.15) is 4.72 Å². The van der Waals surface area contributed by atoms with Crippen LogP contribution in [-0.2, 0) is 26.2 Å². The van der Waals surface area contributed by atoms with Crippen molar-refractivity contribution < 1.29 is 27.4 Å². The van der Waals surface area contributed by atoms with Crippen molar-refractivity contribution in [2.24, 2.45) is 11.8 Å². The first kappa shape index (κ1) is 24.5. The Morgan fingerprint density at radius 2 is 1.85 bits per heavy atom. The molecular weight excluding hydrogens is 456 g/mol. The van der Waals surface area contributed by atoms with Crippen LogP contribution in [0.1, 0.15) is 38.7 Å². The van der Waals surface area contributed by atoms with Crippen molar-refractivity contribution >= 4 is 21.6 Å². The van der Waals surface area contributed by atoms with Crippen LogP contribution in [0.3, 0.4) is 0 Å². The van der Waals surface area contributed by atoms with E-state index in [2.05, 4.69) is 10.0 Å². The van der Waals surface area contributed by atoms with E-state index >= 15 is 0 Å². The van der Waals surface area contributed by atoms with Crippen molar-refractivity contribution in [3.63, 3.8) is 0 Å². The van der Waals surface area contributed by atoms with Crippen molar-refractivity contribution in [1.29, 1.82) is 0 Å². The maximum Gasteiger partial charge on any atom is 0.242 e. The molecule has 1 atom stereocenters. The molecule has 1 heterocycles. The number of fused-ring (bicyclic) bond motifs is 1. The summed E-state index contributed by atoms with van der Waals surface area (Å²) in [5.74, 6) is 0.868. The fraction of sp³-hybridized carbons (Fsp3) is 0.480. The molecule has 0 spiro atoms. The first-order valence-corrected chi connectivity index (χ1v) is 13.2. The summed E-state index contributed by atoms with van der Waals surface area (Å²) in [4.78, 5) is 13.1. The number of hydrogen-bond acceptors (Lipinski definition) is 6. The Morgan fingerprint density at radius 1 is 1.09 bits per heavy atom. The van der Waals surface area contributed by atoms with Crippen molar-refractivity contribution in [3.8, 4) is 11.5 Å². The molecule has 2 aromatic rings. The third kappa shape index (κ3) is 6.49. The van der Waals surface area contributed by atoms with E-state index in [1.807, 2.05) is 18.2 Å². The zero-order chi connectivity index (χ0) is 24.1. The highest BCUT2D eigenvalue weighted by atomic mass is 32.2. The molecular formula is C25H32N2O6S. The molecule has 0 bridgehead atoms. The quantitative estimate of drug-likeness (QED) is 0.529. The molecule has 8 nitrogen and oxygen atoms in total. The number of amides is 1. The molecule has 0 saturated heterocycles. The third-order valence-electron chi connectivity index (χ3n) is 5.77. The zero-order valence-corrected chi connectivity index (χ0v) is 20.4. The molecule has 1 amide bonds. The highest BCUT2D eigenvalue weighted by Crippen LogP contribution is 2.32. The number of sulfonamides is 1. The first-order valence-electron chi connectivity index (χ1n) is 11.7. The molecule has 9 heteroatoms. The van der Waals surface area contributed by atoms with E-state index in [4.69, 9.17) is 14.2 Å². The summed E-state index contributed by atoms with van der Waals surface area (Å²) >= 11 is 0. The lowest BCUT2D eigenvalue weighted by Gasteiger charge is -2.22. The van der Waals surface area contributed by atoms with E-state index in [0.717, 1.165) is 18.6 Å². The number of rotatable bonds is 10. The van der Waals surface area contributed by atoms with Crippen LogP contribution in [0, 0.1) is 11.8 Å². The van der Waals surface area contributed by atoms with Crippen LogP contribution in [0.4, 0.5) is 5.69 Å². The largest absolute Gasteiger partial charge is 0.490 e. The summed E-state index contributed by atoms with van der Waals surface area (Å²) in [5.41, 5.74) is 1.55. The SMILES string of the molecule is CC(C)C(NS(=O)(=O)c1ccc2c(c1)OCCCO2)C(=O)Nc1cccc(COCC2CC2)c1. The van der Waals surface area contributed by atoms with Gasteiger partial charge in [-0.1, -0.05) is 26.0 Å². The van der Waals surface area contributed by atoms with Gasteiger partial charge in [-0.05, 0) is 54.5 Å². The Balaban J connectivity index is 1.43. The molecule has 2 aromatic carbocycles. The van der Waals surface area contributed by atoms with Gasteiger partial charge in [-0.3, -0.25) is 4.79 Å². The fourth-order valence-corrected chi connectivity index (χ4v) is 4.98. The van der Waals surface area contributed by atoms with Crippen LogP contribution in [0.25, 0.3) is 0 Å². The van der Waals surface area contributed by atoms with E-state index < -0.39 is 22.0 Å². The van der Waals surface area contributed by atoms with Crippen LogP contribution in [0.5, 0.6) is 11.5 Å². The van der Waals surface area contributed by atoms with Crippen LogP contribution in [0.15, 0.2) is 47.4 Å². The van der Waals surface area contributed by atoms with E-state index in [9.17, 15) is 13.2 Å². The lowest BCUT2D eigenvalue weighted by atomic mass is 10.0. The summed E-state index contributed by atoms with van der Waals surface area (Å²) in [5, 5.41) is 2.84. The predicted molar refractivity (Wildman–Crippen MR) is 128 cm³/mol. The lowest BCUT2D eigenvalue weighted by Crippen LogP contribution is -2.47. The zero-order valence-electron chi connectivity index (χ0n) is 19.6. The highest BCUT2D eigenvalue weighted by Gasteiger charge is 2.29. The van der Waals surface area contributed by atoms with E-state index in [-0.39, 0.29) is 10.8 Å². The van der Waals surface area contributed by atoms with Crippen LogP contribution in [0.2, 0.25) is 0 Å². The Bertz CT molecular complexity index is 1110. The van der Waals surface area contributed by atoms with Gasteiger partial charge in [-0.15, -0.1) is 0 Å². The average molecular weight is 489 g/mol. The van der Waals surface area contributed by atoms with Gasteiger partial charge in [0.1, 0.15) is 6.04 Å². The maximum absolute atomic E-state index is 13.1. The molecule has 1 fully saturated rings. The number of anilines is 1. The van der Waals surface area contributed by atoms with Gasteiger partial charge in [0.25, 0.3) is 0 Å². The minimum absolute atomic E-state index is 0.0185. The second-order valence-electron chi connectivity index (χ2n) is 9.15. The van der Waals surface area contributed by atoms with Crippen molar-refractivity contribution in [2.75, 3.05) is 25.1 Å². The normalized spacial score (nSPS) is 16.7. The van der Waals surface area contributed by atoms with Gasteiger partial charge in [0.15, 0.2) is 11.5 Å². The van der Waals surface area contributed by atoms with Crippen LogP contribution < -0.4 is 19.5 Å². The molecule has 4 rings (SSSR count). The molecule has 0 aromatic heterocycles. The average Bonchev–Trinajstić information content (AvgIpc) is 3.64. The number of benzene rings is 2. The van der Waals surface area contributed by atoms with E-state index in [0.29, 0.717) is 42.9 Å². The van der Waals surface area contributed by atoms with Crippen LogP contribution in [-0.4, -0.2) is 40.2 Å². The molecule has 1 aliphatic carbocycles. The van der Waals surface area contributed by atoms with E-state index in [1.54, 1.807) is 26.0 Å². The highest BCUT2D eigenvalue weighted by molar-refractivity contribution is 7.89. The second kappa shape index (κ2) is 10.8. The second-order valence-corrected chi connectivity index (χ2v) is 10.9. The van der Waals surface area contributed by atoms with Gasteiger partial charge in [0.2, 0.25) is 15.9 Å². The molecule has 2 N–H and O–H groups in total. The molecule has 2 aliphatic rings. The molecule has 1 unspecified atom stereocenters. The van der Waals surface area contributed by atoms with Gasteiger partial charge < -0.3 is 19.5 Å². The van der Waals surface area contributed by atoms with Crippen molar-refractivity contribution in [3.05, 3.63) is 48.0 Å². The Labute approximate surface area is 201 Å². The maximum atomic E-state index is 13.1. The predicted octanol–water partition coefficient (Wildman–Crippen LogP) is 3.72. The molecule has 184 valence electrons. The summed E-state index contributed by atoms with van der Waals surface area (Å²) in [6, 6.07) is 10.9. The first-order chi connectivity index (χ1) is 16.3. The lowest BCUT2D eigenvalue weighted by molar-refractivity contribution is -0.118. The van der Waals surface area contributed by atoms with Crippen molar-refractivity contribution in [2.45, 2.75) is 50.7 Å². The van der Waals surface area contributed by atoms with Crippen LogP contribution >= 0.6 is 0 Å². The van der Waals surface area contributed by atoms with Gasteiger partial charge in [0, 0.05) is 24.8 Å². The monoisotopic (exact) mass is 488 g/mol. The van der Waals surface area contributed by atoms with Crippen molar-refractivity contribution in [1.82, 2.24) is 4.72 Å². The number of ether oxygens (including phenoxy) is 3. The third-order valence-corrected chi connectivity index (χ3v) is 7.21. The minimum atomic E-state index is -3.98. The summed E-state index contributed by atoms with van der Waals surface area (Å²) in [6.07, 6.45) is 3.18. The Hall–Kier alpha value is -2.62. The standard InChI is InChI=1S/C25H32N2O6S/c1-17(2)24(25(28)26-20-6-3-5-19(13-20)16-31-15-18-7-8-18)27-34(29,30)21-9-10-22-23(14-21)33-12-4-11-32-22/h3,5-6,9-10,13-14,17-18,24,27H,4,7-8,11-12,15-16H2,1-2H3,(H,26,28).